The fourth-order valence-corrected chi connectivity index (χ4v) is 4.11. The van der Waals surface area contributed by atoms with Gasteiger partial charge in [-0.05, 0) is 47.6 Å². The monoisotopic (exact) mass is 430 g/mol. The summed E-state index contributed by atoms with van der Waals surface area (Å²) in [4.78, 5) is 19.2. The molecule has 7 heteroatoms. The van der Waals surface area contributed by atoms with Gasteiger partial charge in [0.25, 0.3) is 0 Å². The minimum atomic E-state index is -4.45. The van der Waals surface area contributed by atoms with Crippen molar-refractivity contribution in [3.63, 3.8) is 0 Å². The highest BCUT2D eigenvalue weighted by Crippen LogP contribution is 2.39. The van der Waals surface area contributed by atoms with E-state index in [1.54, 1.807) is 24.3 Å². The number of nitrogens with zero attached hydrogens (tertiary/aromatic N) is 2. The lowest BCUT2D eigenvalue weighted by molar-refractivity contribution is -0.137. The number of carbonyl (C=O) groups excluding carboxylic acids is 1. The summed E-state index contributed by atoms with van der Waals surface area (Å²) in [6.45, 7) is 6.73. The largest absolute Gasteiger partial charge is 0.438 e. The number of rotatable bonds is 3. The summed E-state index contributed by atoms with van der Waals surface area (Å²) in [5.74, 6) is 0.507. The molecule has 0 radical (unpaired) electrons. The molecule has 0 N–H and O–H groups in total. The molecule has 1 amide bonds. The zero-order valence-corrected chi connectivity index (χ0v) is 17.8. The molecule has 0 aliphatic carbocycles. The maximum absolute atomic E-state index is 13.4. The molecular weight excluding hydrogens is 405 g/mol. The Balaban J connectivity index is 1.67. The van der Waals surface area contributed by atoms with Gasteiger partial charge in [-0.2, -0.15) is 13.2 Å². The van der Waals surface area contributed by atoms with E-state index in [4.69, 9.17) is 4.42 Å². The van der Waals surface area contributed by atoms with E-state index in [2.05, 4.69) is 4.98 Å². The standard InChI is InChI=1S/C24H25F3N2O2/c1-23(2,3)14-21(30)29-12-6-9-19(29)22-28-18-13-15(10-11-20(18)31-22)16-7-4-5-8-17(16)24(25,26)27/h4-5,7-8,10-11,13,19H,6,9,12,14H2,1-3H3. The maximum atomic E-state index is 13.4. The van der Waals surface area contributed by atoms with Gasteiger partial charge in [0.15, 0.2) is 5.58 Å². The van der Waals surface area contributed by atoms with E-state index in [1.807, 2.05) is 25.7 Å². The van der Waals surface area contributed by atoms with Crippen LogP contribution in [0.2, 0.25) is 0 Å². The van der Waals surface area contributed by atoms with Crippen molar-refractivity contribution in [1.29, 1.82) is 0 Å². The van der Waals surface area contributed by atoms with E-state index < -0.39 is 11.7 Å². The van der Waals surface area contributed by atoms with Gasteiger partial charge in [0.2, 0.25) is 11.8 Å². The number of oxazole rings is 1. The molecule has 4 rings (SSSR count). The topological polar surface area (TPSA) is 46.3 Å². The van der Waals surface area contributed by atoms with Gasteiger partial charge < -0.3 is 9.32 Å². The molecule has 4 nitrogen and oxygen atoms in total. The Bertz CT molecular complexity index is 1110. The normalized spacial score (nSPS) is 17.5. The first-order chi connectivity index (χ1) is 14.5. The Morgan fingerprint density at radius 1 is 1.16 bits per heavy atom. The predicted molar refractivity (Wildman–Crippen MR) is 112 cm³/mol. The fourth-order valence-electron chi connectivity index (χ4n) is 4.11. The molecule has 1 aliphatic rings. The molecule has 3 aromatic rings. The van der Waals surface area contributed by atoms with Crippen molar-refractivity contribution in [3.05, 3.63) is 53.9 Å². The van der Waals surface area contributed by atoms with E-state index in [9.17, 15) is 18.0 Å². The molecule has 1 aromatic heterocycles. The van der Waals surface area contributed by atoms with E-state index >= 15 is 0 Å². The second-order valence-corrected chi connectivity index (χ2v) is 9.26. The Morgan fingerprint density at radius 3 is 2.61 bits per heavy atom. The second-order valence-electron chi connectivity index (χ2n) is 9.26. The maximum Gasteiger partial charge on any atom is 0.417 e. The summed E-state index contributed by atoms with van der Waals surface area (Å²) >= 11 is 0. The van der Waals surface area contributed by atoms with Crippen molar-refractivity contribution >= 4 is 17.0 Å². The molecule has 1 unspecified atom stereocenters. The van der Waals surface area contributed by atoms with Crippen molar-refractivity contribution < 1.29 is 22.4 Å². The zero-order valence-electron chi connectivity index (χ0n) is 17.8. The Labute approximate surface area is 179 Å². The van der Waals surface area contributed by atoms with Gasteiger partial charge in [0, 0.05) is 13.0 Å². The third-order valence-corrected chi connectivity index (χ3v) is 5.49. The van der Waals surface area contributed by atoms with Gasteiger partial charge in [-0.1, -0.05) is 45.0 Å². The average molecular weight is 430 g/mol. The first-order valence-corrected chi connectivity index (χ1v) is 10.4. The molecule has 1 aliphatic heterocycles. The van der Waals surface area contributed by atoms with Crippen molar-refractivity contribution in [2.24, 2.45) is 5.41 Å². The number of carbonyl (C=O) groups is 1. The number of likely N-dealkylation sites (tertiary alicyclic amines) is 1. The highest BCUT2D eigenvalue weighted by molar-refractivity contribution is 5.82. The smallest absolute Gasteiger partial charge is 0.417 e. The van der Waals surface area contributed by atoms with Crippen LogP contribution < -0.4 is 0 Å². The SMILES string of the molecule is CC(C)(C)CC(=O)N1CCCC1c1nc2cc(-c3ccccc3C(F)(F)F)ccc2o1. The molecule has 0 saturated carbocycles. The quantitative estimate of drug-likeness (QED) is 0.469. The first-order valence-electron chi connectivity index (χ1n) is 10.4. The summed E-state index contributed by atoms with van der Waals surface area (Å²) in [5.41, 5.74) is 0.703. The highest BCUT2D eigenvalue weighted by Gasteiger charge is 2.35. The number of fused-ring (bicyclic) bond motifs is 1. The molecule has 1 saturated heterocycles. The number of halogens is 3. The molecule has 2 aromatic carbocycles. The third kappa shape index (κ3) is 4.45. The Kier molecular flexibility index (Phi) is 5.31. The number of hydrogen-bond acceptors (Lipinski definition) is 3. The molecule has 0 bridgehead atoms. The van der Waals surface area contributed by atoms with Crippen LogP contribution in [0.15, 0.2) is 46.9 Å². The zero-order chi connectivity index (χ0) is 22.4. The van der Waals surface area contributed by atoms with E-state index in [0.29, 0.717) is 35.5 Å². The van der Waals surface area contributed by atoms with Crippen LogP contribution in [0.3, 0.4) is 0 Å². The van der Waals surface area contributed by atoms with Crippen molar-refractivity contribution in [3.8, 4) is 11.1 Å². The van der Waals surface area contributed by atoms with Gasteiger partial charge >= 0.3 is 6.18 Å². The molecule has 1 fully saturated rings. The summed E-state index contributed by atoms with van der Waals surface area (Å²) in [6, 6.07) is 10.1. The van der Waals surface area contributed by atoms with Gasteiger partial charge in [-0.25, -0.2) is 4.98 Å². The van der Waals surface area contributed by atoms with E-state index in [1.165, 1.54) is 12.1 Å². The highest BCUT2D eigenvalue weighted by atomic mass is 19.4. The van der Waals surface area contributed by atoms with Crippen LogP contribution in [0.4, 0.5) is 13.2 Å². The minimum absolute atomic E-state index is 0.0667. The third-order valence-electron chi connectivity index (χ3n) is 5.49. The first kappa shape index (κ1) is 21.4. The molecule has 0 spiro atoms. The lowest BCUT2D eigenvalue weighted by Crippen LogP contribution is -2.33. The van der Waals surface area contributed by atoms with E-state index in [-0.39, 0.29) is 22.9 Å². The van der Waals surface area contributed by atoms with Crippen LogP contribution in [0, 0.1) is 5.41 Å². The Hall–Kier alpha value is -2.83. The van der Waals surface area contributed by atoms with Crippen molar-refractivity contribution in [2.45, 2.75) is 52.3 Å². The number of benzene rings is 2. The fraction of sp³-hybridized carbons (Fsp3) is 0.417. The summed E-state index contributed by atoms with van der Waals surface area (Å²) in [5, 5.41) is 0. The number of hydrogen-bond donors (Lipinski definition) is 0. The second kappa shape index (κ2) is 7.70. The minimum Gasteiger partial charge on any atom is -0.438 e. The predicted octanol–water partition coefficient (Wildman–Crippen LogP) is 6.61. The van der Waals surface area contributed by atoms with Gasteiger partial charge in [-0.15, -0.1) is 0 Å². The average Bonchev–Trinajstić information content (AvgIpc) is 3.32. The summed E-state index contributed by atoms with van der Waals surface area (Å²) < 4.78 is 46.2. The van der Waals surface area contributed by atoms with Crippen LogP contribution in [0.5, 0.6) is 0 Å². The lowest BCUT2D eigenvalue weighted by Gasteiger charge is -2.26. The van der Waals surface area contributed by atoms with Gasteiger partial charge in [0.1, 0.15) is 11.6 Å². The lowest BCUT2D eigenvalue weighted by atomic mass is 9.91. The molecule has 1 atom stereocenters. The van der Waals surface area contributed by atoms with Crippen LogP contribution in [-0.2, 0) is 11.0 Å². The van der Waals surface area contributed by atoms with Crippen molar-refractivity contribution in [1.82, 2.24) is 9.88 Å². The molecule has 31 heavy (non-hydrogen) atoms. The summed E-state index contributed by atoms with van der Waals surface area (Å²) in [7, 11) is 0. The van der Waals surface area contributed by atoms with Crippen molar-refractivity contribution in [2.75, 3.05) is 6.54 Å². The van der Waals surface area contributed by atoms with Crippen LogP contribution in [0.25, 0.3) is 22.2 Å². The number of aromatic nitrogens is 1. The van der Waals surface area contributed by atoms with Gasteiger partial charge in [-0.3, -0.25) is 4.79 Å². The number of alkyl halides is 3. The van der Waals surface area contributed by atoms with Crippen LogP contribution in [-0.4, -0.2) is 22.3 Å². The molecular formula is C24H25F3N2O2. The molecule has 2 heterocycles. The van der Waals surface area contributed by atoms with E-state index in [0.717, 1.165) is 18.9 Å². The molecule has 164 valence electrons. The number of amides is 1. The Morgan fingerprint density at radius 2 is 1.90 bits per heavy atom. The van der Waals surface area contributed by atoms with Crippen LogP contribution >= 0.6 is 0 Å². The van der Waals surface area contributed by atoms with Crippen LogP contribution in [0.1, 0.15) is 57.5 Å². The summed E-state index contributed by atoms with van der Waals surface area (Å²) in [6.07, 6.45) is -2.39. The van der Waals surface area contributed by atoms with Gasteiger partial charge in [0.05, 0.1) is 5.56 Å².